The minimum Gasteiger partial charge on any atom is -0.346 e. The predicted molar refractivity (Wildman–Crippen MR) is 113 cm³/mol. The maximum Gasteiger partial charge on any atom is 0.274 e. The molecule has 0 atom stereocenters. The molecule has 1 N–H and O–H groups in total. The monoisotopic (exact) mass is 426 g/mol. The van der Waals surface area contributed by atoms with Gasteiger partial charge in [-0.25, -0.2) is 4.68 Å². The summed E-state index contributed by atoms with van der Waals surface area (Å²) in [6.07, 6.45) is 3.92. The SMILES string of the molecule is O=C(NCc1nn(C2CCCC2)c(=O)c2ccccc12)c1cc([N+](=O)[O-])ccc1Cl. The maximum absolute atomic E-state index is 12.9. The third-order valence-electron chi connectivity index (χ3n) is 5.40. The van der Waals surface area contributed by atoms with Crippen LogP contribution in [0.1, 0.15) is 47.8 Å². The highest BCUT2D eigenvalue weighted by Crippen LogP contribution is 2.28. The van der Waals surface area contributed by atoms with Crippen LogP contribution in [0, 0.1) is 10.1 Å². The van der Waals surface area contributed by atoms with E-state index < -0.39 is 10.8 Å². The van der Waals surface area contributed by atoms with Crippen molar-refractivity contribution in [2.45, 2.75) is 38.3 Å². The van der Waals surface area contributed by atoms with Crippen LogP contribution in [0.15, 0.2) is 47.3 Å². The Morgan fingerprint density at radius 2 is 1.90 bits per heavy atom. The number of hydrogen-bond acceptors (Lipinski definition) is 5. The minimum atomic E-state index is -0.584. The van der Waals surface area contributed by atoms with E-state index in [0.29, 0.717) is 16.5 Å². The third kappa shape index (κ3) is 3.78. The van der Waals surface area contributed by atoms with Crippen molar-refractivity contribution < 1.29 is 9.72 Å². The topological polar surface area (TPSA) is 107 Å². The van der Waals surface area contributed by atoms with Gasteiger partial charge in [0.15, 0.2) is 0 Å². The summed E-state index contributed by atoms with van der Waals surface area (Å²) in [7, 11) is 0. The molecule has 1 fully saturated rings. The van der Waals surface area contributed by atoms with Crippen LogP contribution in [-0.4, -0.2) is 20.6 Å². The Labute approximate surface area is 176 Å². The van der Waals surface area contributed by atoms with E-state index in [1.807, 2.05) is 6.07 Å². The highest BCUT2D eigenvalue weighted by molar-refractivity contribution is 6.33. The lowest BCUT2D eigenvalue weighted by atomic mass is 10.1. The lowest BCUT2D eigenvalue weighted by Crippen LogP contribution is -2.30. The van der Waals surface area contributed by atoms with Gasteiger partial charge in [-0.15, -0.1) is 0 Å². The van der Waals surface area contributed by atoms with E-state index in [4.69, 9.17) is 11.6 Å². The average Bonchev–Trinajstić information content (AvgIpc) is 3.28. The molecule has 1 aromatic heterocycles. The van der Waals surface area contributed by atoms with Gasteiger partial charge in [-0.1, -0.05) is 42.6 Å². The molecule has 30 heavy (non-hydrogen) atoms. The third-order valence-corrected chi connectivity index (χ3v) is 5.73. The molecule has 1 saturated carbocycles. The van der Waals surface area contributed by atoms with Gasteiger partial charge in [0, 0.05) is 17.5 Å². The molecular formula is C21H19ClN4O4. The van der Waals surface area contributed by atoms with E-state index in [0.717, 1.165) is 31.7 Å². The fourth-order valence-corrected chi connectivity index (χ4v) is 4.06. The summed E-state index contributed by atoms with van der Waals surface area (Å²) < 4.78 is 1.54. The van der Waals surface area contributed by atoms with E-state index in [1.54, 1.807) is 18.2 Å². The first kappa shape index (κ1) is 20.0. The number of halogens is 1. The number of carbonyl (C=O) groups is 1. The summed E-state index contributed by atoms with van der Waals surface area (Å²) in [5.74, 6) is -0.548. The van der Waals surface area contributed by atoms with E-state index in [-0.39, 0.29) is 34.4 Å². The molecule has 1 aliphatic carbocycles. The fourth-order valence-electron chi connectivity index (χ4n) is 3.86. The summed E-state index contributed by atoms with van der Waals surface area (Å²) in [4.78, 5) is 36.0. The van der Waals surface area contributed by atoms with Gasteiger partial charge < -0.3 is 5.32 Å². The lowest BCUT2D eigenvalue weighted by molar-refractivity contribution is -0.384. The minimum absolute atomic E-state index is 0.0132. The molecule has 1 amide bonds. The van der Waals surface area contributed by atoms with Gasteiger partial charge in [-0.3, -0.25) is 19.7 Å². The number of nitro benzene ring substituents is 1. The van der Waals surface area contributed by atoms with Crippen molar-refractivity contribution in [1.82, 2.24) is 15.1 Å². The molecule has 9 heteroatoms. The van der Waals surface area contributed by atoms with Crippen LogP contribution in [0.3, 0.4) is 0 Å². The van der Waals surface area contributed by atoms with Gasteiger partial charge in [0.1, 0.15) is 0 Å². The van der Waals surface area contributed by atoms with Crippen LogP contribution in [0.2, 0.25) is 5.02 Å². The van der Waals surface area contributed by atoms with Crippen molar-refractivity contribution >= 4 is 34.0 Å². The molecule has 0 radical (unpaired) electrons. The second-order valence-electron chi connectivity index (χ2n) is 7.28. The van der Waals surface area contributed by atoms with Gasteiger partial charge in [0.2, 0.25) is 0 Å². The lowest BCUT2D eigenvalue weighted by Gasteiger charge is -2.16. The molecule has 2 aromatic carbocycles. The molecule has 0 bridgehead atoms. The first-order valence-corrected chi connectivity index (χ1v) is 10.1. The molecule has 3 aromatic rings. The molecule has 4 rings (SSSR count). The standard InChI is InChI=1S/C21H19ClN4O4/c22-18-10-9-14(26(29)30)11-17(18)20(27)23-12-19-15-7-3-4-8-16(15)21(28)25(24-19)13-5-1-2-6-13/h3-4,7-11,13H,1-2,5-6,12H2,(H,23,27). The van der Waals surface area contributed by atoms with Crippen LogP contribution in [0.5, 0.6) is 0 Å². The Bertz CT molecular complexity index is 1200. The van der Waals surface area contributed by atoms with Gasteiger partial charge in [-0.05, 0) is 25.0 Å². The number of non-ortho nitro benzene ring substituents is 1. The van der Waals surface area contributed by atoms with E-state index >= 15 is 0 Å². The van der Waals surface area contributed by atoms with Crippen molar-refractivity contribution in [3.05, 3.63) is 79.2 Å². The molecule has 0 aliphatic heterocycles. The number of nitrogens with zero attached hydrogens (tertiary/aromatic N) is 3. The van der Waals surface area contributed by atoms with Crippen molar-refractivity contribution in [1.29, 1.82) is 0 Å². The highest BCUT2D eigenvalue weighted by Gasteiger charge is 2.22. The zero-order valence-electron chi connectivity index (χ0n) is 16.0. The Hall–Kier alpha value is -3.26. The smallest absolute Gasteiger partial charge is 0.274 e. The van der Waals surface area contributed by atoms with Crippen LogP contribution >= 0.6 is 11.6 Å². The van der Waals surface area contributed by atoms with E-state index in [2.05, 4.69) is 10.4 Å². The number of amides is 1. The molecule has 8 nitrogen and oxygen atoms in total. The van der Waals surface area contributed by atoms with Crippen LogP contribution in [0.25, 0.3) is 10.8 Å². The number of rotatable bonds is 5. The summed E-state index contributed by atoms with van der Waals surface area (Å²) in [6.45, 7) is 0.0609. The molecule has 0 saturated heterocycles. The van der Waals surface area contributed by atoms with Gasteiger partial charge >= 0.3 is 0 Å². The summed E-state index contributed by atoms with van der Waals surface area (Å²) in [5.41, 5.74) is 0.225. The Balaban J connectivity index is 1.66. The maximum atomic E-state index is 12.9. The van der Waals surface area contributed by atoms with Crippen LogP contribution in [-0.2, 0) is 6.54 Å². The second kappa shape index (κ2) is 8.23. The second-order valence-corrected chi connectivity index (χ2v) is 7.69. The van der Waals surface area contributed by atoms with Crippen molar-refractivity contribution in [2.24, 2.45) is 0 Å². The molecule has 154 valence electrons. The summed E-state index contributed by atoms with van der Waals surface area (Å²) >= 11 is 6.06. The van der Waals surface area contributed by atoms with Gasteiger partial charge in [0.05, 0.1) is 39.2 Å². The molecule has 1 aliphatic rings. The summed E-state index contributed by atoms with van der Waals surface area (Å²) in [5, 5.41) is 19.6. The highest BCUT2D eigenvalue weighted by atomic mass is 35.5. The first-order chi connectivity index (χ1) is 14.5. The number of benzene rings is 2. The quantitative estimate of drug-likeness (QED) is 0.490. The zero-order chi connectivity index (χ0) is 21.3. The van der Waals surface area contributed by atoms with Gasteiger partial charge in [-0.2, -0.15) is 5.10 Å². The number of nitro groups is 1. The summed E-state index contributed by atoms with van der Waals surface area (Å²) in [6, 6.07) is 10.9. The fraction of sp³-hybridized carbons (Fsp3) is 0.286. The van der Waals surface area contributed by atoms with Gasteiger partial charge in [0.25, 0.3) is 17.2 Å². The van der Waals surface area contributed by atoms with Crippen LogP contribution < -0.4 is 10.9 Å². The van der Waals surface area contributed by atoms with E-state index in [1.165, 1.54) is 16.8 Å². The average molecular weight is 427 g/mol. The Morgan fingerprint density at radius 1 is 1.20 bits per heavy atom. The van der Waals surface area contributed by atoms with Crippen molar-refractivity contribution in [3.63, 3.8) is 0 Å². The molecule has 1 heterocycles. The predicted octanol–water partition coefficient (Wildman–Crippen LogP) is 4.00. The first-order valence-electron chi connectivity index (χ1n) is 9.68. The largest absolute Gasteiger partial charge is 0.346 e. The number of carbonyl (C=O) groups excluding carboxylic acids is 1. The Kier molecular flexibility index (Phi) is 5.50. The molecule has 0 spiro atoms. The number of fused-ring (bicyclic) bond motifs is 1. The zero-order valence-corrected chi connectivity index (χ0v) is 16.8. The molecular weight excluding hydrogens is 408 g/mol. The number of hydrogen-bond donors (Lipinski definition) is 1. The Morgan fingerprint density at radius 3 is 2.60 bits per heavy atom. The molecule has 0 unspecified atom stereocenters. The van der Waals surface area contributed by atoms with Crippen molar-refractivity contribution in [3.8, 4) is 0 Å². The normalized spacial score (nSPS) is 14.2. The van der Waals surface area contributed by atoms with Crippen molar-refractivity contribution in [2.75, 3.05) is 0 Å². The van der Waals surface area contributed by atoms with Crippen LogP contribution in [0.4, 0.5) is 5.69 Å². The number of nitrogens with one attached hydrogen (secondary N) is 1. The van der Waals surface area contributed by atoms with E-state index in [9.17, 15) is 19.7 Å². The number of aromatic nitrogens is 2.